The topological polar surface area (TPSA) is 54.3 Å². The first-order valence-corrected chi connectivity index (χ1v) is 6.15. The van der Waals surface area contributed by atoms with E-state index in [1.54, 1.807) is 6.07 Å². The van der Waals surface area contributed by atoms with Gasteiger partial charge in [0.05, 0.1) is 12.6 Å². The minimum absolute atomic E-state index is 0.0171. The molecule has 1 aromatic heterocycles. The van der Waals surface area contributed by atoms with Crippen LogP contribution in [-0.2, 0) is 6.54 Å². The zero-order valence-corrected chi connectivity index (χ0v) is 10.8. The monoisotopic (exact) mass is 238 g/mol. The Morgan fingerprint density at radius 2 is 2.24 bits per heavy atom. The molecule has 1 atom stereocenters. The van der Waals surface area contributed by atoms with E-state index in [0.29, 0.717) is 11.6 Å². The summed E-state index contributed by atoms with van der Waals surface area (Å²) in [4.78, 5) is 12.0. The van der Waals surface area contributed by atoms with Crippen LogP contribution in [0.25, 0.3) is 0 Å². The molecule has 17 heavy (non-hydrogen) atoms. The summed E-state index contributed by atoms with van der Waals surface area (Å²) in [5.74, 6) is 0.335. The summed E-state index contributed by atoms with van der Waals surface area (Å²) in [6.45, 7) is 6.89. The molecule has 0 aliphatic rings. The Bertz CT molecular complexity index is 358. The van der Waals surface area contributed by atoms with Gasteiger partial charge in [-0.25, -0.2) is 0 Å². The van der Waals surface area contributed by atoms with E-state index < -0.39 is 0 Å². The Hall–Kier alpha value is -1.29. The number of hydrogen-bond donors (Lipinski definition) is 2. The summed E-state index contributed by atoms with van der Waals surface area (Å²) < 4.78 is 1.89. The summed E-state index contributed by atoms with van der Waals surface area (Å²) in [5, 5.41) is 12.1. The summed E-state index contributed by atoms with van der Waals surface area (Å²) in [7, 11) is 0. The van der Waals surface area contributed by atoms with Crippen molar-refractivity contribution in [2.75, 3.05) is 6.61 Å². The minimum atomic E-state index is -0.164. The highest BCUT2D eigenvalue weighted by Crippen LogP contribution is 2.07. The number of amides is 1. The zero-order valence-electron chi connectivity index (χ0n) is 10.8. The first kappa shape index (κ1) is 13.8. The summed E-state index contributed by atoms with van der Waals surface area (Å²) in [5.41, 5.74) is 0.648. The van der Waals surface area contributed by atoms with Crippen LogP contribution in [-0.4, -0.2) is 28.2 Å². The number of aliphatic hydroxyl groups is 1. The highest BCUT2D eigenvalue weighted by atomic mass is 16.3. The van der Waals surface area contributed by atoms with Crippen molar-refractivity contribution in [1.29, 1.82) is 0 Å². The maximum atomic E-state index is 12.0. The van der Waals surface area contributed by atoms with Gasteiger partial charge in [-0.3, -0.25) is 4.79 Å². The molecule has 1 rings (SSSR count). The smallest absolute Gasteiger partial charge is 0.268 e. The second kappa shape index (κ2) is 6.45. The second-order valence-electron chi connectivity index (χ2n) is 4.66. The van der Waals surface area contributed by atoms with Gasteiger partial charge in [-0.1, -0.05) is 13.8 Å². The number of aromatic nitrogens is 1. The number of carbonyl (C=O) groups is 1. The minimum Gasteiger partial charge on any atom is -0.394 e. The Morgan fingerprint density at radius 3 is 2.76 bits per heavy atom. The molecule has 0 fully saturated rings. The van der Waals surface area contributed by atoms with E-state index in [0.717, 1.165) is 13.0 Å². The number of carbonyl (C=O) groups excluding carboxylic acids is 1. The van der Waals surface area contributed by atoms with E-state index in [9.17, 15) is 9.90 Å². The van der Waals surface area contributed by atoms with Crippen molar-refractivity contribution < 1.29 is 9.90 Å². The SMILES string of the molecule is CCn1cccc1C(=O)NC(CO)CC(C)C. The summed E-state index contributed by atoms with van der Waals surface area (Å²) in [6, 6.07) is 3.49. The third-order valence-corrected chi connectivity index (χ3v) is 2.71. The van der Waals surface area contributed by atoms with Crippen LogP contribution in [0.1, 0.15) is 37.7 Å². The Labute approximate surface area is 103 Å². The molecule has 1 unspecified atom stereocenters. The number of aryl methyl sites for hydroxylation is 1. The van der Waals surface area contributed by atoms with E-state index in [1.165, 1.54) is 0 Å². The van der Waals surface area contributed by atoms with Crippen LogP contribution in [0.4, 0.5) is 0 Å². The average Bonchev–Trinajstić information content (AvgIpc) is 2.75. The average molecular weight is 238 g/mol. The van der Waals surface area contributed by atoms with E-state index >= 15 is 0 Å². The highest BCUT2D eigenvalue weighted by Gasteiger charge is 2.16. The summed E-state index contributed by atoms with van der Waals surface area (Å²) in [6.07, 6.45) is 2.67. The molecular weight excluding hydrogens is 216 g/mol. The van der Waals surface area contributed by atoms with Gasteiger partial charge in [0.2, 0.25) is 0 Å². The van der Waals surface area contributed by atoms with Crippen LogP contribution >= 0.6 is 0 Å². The standard InChI is InChI=1S/C13H22N2O2/c1-4-15-7-5-6-12(15)13(17)14-11(9-16)8-10(2)3/h5-7,10-11,16H,4,8-9H2,1-3H3,(H,14,17). The van der Waals surface area contributed by atoms with Crippen molar-refractivity contribution in [2.24, 2.45) is 5.92 Å². The first-order chi connectivity index (χ1) is 8.08. The molecule has 0 aliphatic carbocycles. The molecule has 0 saturated carbocycles. The maximum absolute atomic E-state index is 12.0. The molecular formula is C13H22N2O2. The number of rotatable bonds is 6. The molecule has 0 saturated heterocycles. The Balaban J connectivity index is 2.64. The van der Waals surface area contributed by atoms with Crippen molar-refractivity contribution in [1.82, 2.24) is 9.88 Å². The van der Waals surface area contributed by atoms with Gasteiger partial charge in [-0.05, 0) is 31.4 Å². The van der Waals surface area contributed by atoms with E-state index in [1.807, 2.05) is 23.8 Å². The van der Waals surface area contributed by atoms with E-state index in [4.69, 9.17) is 0 Å². The van der Waals surface area contributed by atoms with Crippen molar-refractivity contribution >= 4 is 5.91 Å². The lowest BCUT2D eigenvalue weighted by Gasteiger charge is -2.18. The predicted octanol–water partition coefficient (Wildman–Crippen LogP) is 1.64. The Morgan fingerprint density at radius 1 is 1.53 bits per heavy atom. The highest BCUT2D eigenvalue weighted by molar-refractivity contribution is 5.92. The normalized spacial score (nSPS) is 12.8. The zero-order chi connectivity index (χ0) is 12.8. The molecule has 0 aromatic carbocycles. The van der Waals surface area contributed by atoms with Crippen molar-refractivity contribution in [3.05, 3.63) is 24.0 Å². The molecule has 1 heterocycles. The lowest BCUT2D eigenvalue weighted by atomic mass is 10.0. The lowest BCUT2D eigenvalue weighted by Crippen LogP contribution is -2.39. The fraction of sp³-hybridized carbons (Fsp3) is 0.615. The third-order valence-electron chi connectivity index (χ3n) is 2.71. The molecule has 1 amide bonds. The maximum Gasteiger partial charge on any atom is 0.268 e. The second-order valence-corrected chi connectivity index (χ2v) is 4.66. The fourth-order valence-corrected chi connectivity index (χ4v) is 1.90. The van der Waals surface area contributed by atoms with Crippen LogP contribution < -0.4 is 5.32 Å². The van der Waals surface area contributed by atoms with Crippen LogP contribution in [0.2, 0.25) is 0 Å². The predicted molar refractivity (Wildman–Crippen MR) is 67.9 cm³/mol. The van der Waals surface area contributed by atoms with Crippen molar-refractivity contribution in [3.63, 3.8) is 0 Å². The molecule has 96 valence electrons. The van der Waals surface area contributed by atoms with E-state index in [-0.39, 0.29) is 18.6 Å². The molecule has 1 aromatic rings. The molecule has 0 bridgehead atoms. The number of hydrogen-bond acceptors (Lipinski definition) is 2. The van der Waals surface area contributed by atoms with Crippen LogP contribution in [0.3, 0.4) is 0 Å². The van der Waals surface area contributed by atoms with Gasteiger partial charge in [0, 0.05) is 12.7 Å². The van der Waals surface area contributed by atoms with Crippen LogP contribution in [0.15, 0.2) is 18.3 Å². The molecule has 0 radical (unpaired) electrons. The molecule has 4 heteroatoms. The van der Waals surface area contributed by atoms with E-state index in [2.05, 4.69) is 19.2 Å². The van der Waals surface area contributed by atoms with Gasteiger partial charge in [0.15, 0.2) is 0 Å². The van der Waals surface area contributed by atoms with Gasteiger partial charge >= 0.3 is 0 Å². The molecule has 2 N–H and O–H groups in total. The van der Waals surface area contributed by atoms with Gasteiger partial charge in [0.25, 0.3) is 5.91 Å². The Kier molecular flexibility index (Phi) is 5.22. The molecule has 0 spiro atoms. The summed E-state index contributed by atoms with van der Waals surface area (Å²) >= 11 is 0. The quantitative estimate of drug-likeness (QED) is 0.791. The van der Waals surface area contributed by atoms with Crippen LogP contribution in [0, 0.1) is 5.92 Å². The lowest BCUT2D eigenvalue weighted by molar-refractivity contribution is 0.0899. The van der Waals surface area contributed by atoms with Gasteiger partial charge in [-0.15, -0.1) is 0 Å². The molecule has 0 aliphatic heterocycles. The van der Waals surface area contributed by atoms with Crippen molar-refractivity contribution in [2.45, 2.75) is 39.8 Å². The number of nitrogens with one attached hydrogen (secondary N) is 1. The molecule has 4 nitrogen and oxygen atoms in total. The van der Waals surface area contributed by atoms with Crippen molar-refractivity contribution in [3.8, 4) is 0 Å². The first-order valence-electron chi connectivity index (χ1n) is 6.15. The van der Waals surface area contributed by atoms with Crippen LogP contribution in [0.5, 0.6) is 0 Å². The number of aliphatic hydroxyl groups excluding tert-OH is 1. The largest absolute Gasteiger partial charge is 0.394 e. The van der Waals surface area contributed by atoms with Gasteiger partial charge in [0.1, 0.15) is 5.69 Å². The third kappa shape index (κ3) is 3.89. The fourth-order valence-electron chi connectivity index (χ4n) is 1.90. The van der Waals surface area contributed by atoms with Gasteiger partial charge in [-0.2, -0.15) is 0 Å². The van der Waals surface area contributed by atoms with Gasteiger partial charge < -0.3 is 15.0 Å². The number of nitrogens with zero attached hydrogens (tertiary/aromatic N) is 1.